The lowest BCUT2D eigenvalue weighted by atomic mass is 10.2. The van der Waals surface area contributed by atoms with Gasteiger partial charge >= 0.3 is 6.01 Å². The van der Waals surface area contributed by atoms with Crippen molar-refractivity contribution in [3.63, 3.8) is 0 Å². The van der Waals surface area contributed by atoms with Gasteiger partial charge in [0.15, 0.2) is 0 Å². The van der Waals surface area contributed by atoms with Crippen molar-refractivity contribution in [3.05, 3.63) is 84.2 Å². The van der Waals surface area contributed by atoms with Crippen molar-refractivity contribution >= 4 is 27.6 Å². The van der Waals surface area contributed by atoms with Crippen molar-refractivity contribution in [1.82, 2.24) is 10.2 Å². The molecule has 1 amide bonds. The third-order valence-corrected chi connectivity index (χ3v) is 5.90. The smallest absolute Gasteiger partial charge is 0.322 e. The van der Waals surface area contributed by atoms with Gasteiger partial charge in [-0.15, -0.1) is 5.10 Å². The Bertz CT molecular complexity index is 1400. The fourth-order valence-corrected chi connectivity index (χ4v) is 4.04. The first-order chi connectivity index (χ1) is 15.9. The number of anilines is 2. The highest BCUT2D eigenvalue weighted by Crippen LogP contribution is 2.29. The average molecular weight is 468 g/mol. The van der Waals surface area contributed by atoms with Crippen LogP contribution in [0.1, 0.15) is 10.4 Å². The molecule has 0 saturated heterocycles. The van der Waals surface area contributed by atoms with Gasteiger partial charge in [0.05, 0.1) is 28.8 Å². The van der Waals surface area contributed by atoms with E-state index >= 15 is 0 Å². The minimum Gasteiger partial charge on any atom is -0.496 e. The molecule has 0 fully saturated rings. The number of halogens is 1. The van der Waals surface area contributed by atoms with Gasteiger partial charge in [-0.1, -0.05) is 29.4 Å². The third kappa shape index (κ3) is 4.83. The number of nitrogens with one attached hydrogen (secondary N) is 2. The van der Waals surface area contributed by atoms with Crippen LogP contribution in [0.5, 0.6) is 5.75 Å². The second-order valence-corrected chi connectivity index (χ2v) is 8.35. The van der Waals surface area contributed by atoms with Crippen molar-refractivity contribution in [2.24, 2.45) is 0 Å². The van der Waals surface area contributed by atoms with Crippen LogP contribution in [0.15, 0.2) is 82.1 Å². The van der Waals surface area contributed by atoms with Crippen LogP contribution in [-0.4, -0.2) is 31.6 Å². The standard InChI is InChI=1S/C22H17FN4O5S/c1-31-19-9-5-3-7-17(19)21-25-26-22(32-21)24-20(28)16-6-2-4-8-18(16)27-33(29,30)15-12-10-14(23)11-13-15/h2-13,27H,1H3,(H,24,26,28). The number of methoxy groups -OCH3 is 1. The third-order valence-electron chi connectivity index (χ3n) is 4.52. The molecule has 0 aliphatic carbocycles. The first-order valence-corrected chi connectivity index (χ1v) is 11.0. The lowest BCUT2D eigenvalue weighted by molar-refractivity contribution is 0.102. The topological polar surface area (TPSA) is 123 Å². The van der Waals surface area contributed by atoms with Gasteiger partial charge in [-0.05, 0) is 48.5 Å². The average Bonchev–Trinajstić information content (AvgIpc) is 3.27. The van der Waals surface area contributed by atoms with E-state index in [0.29, 0.717) is 11.3 Å². The zero-order valence-electron chi connectivity index (χ0n) is 17.2. The normalized spacial score (nSPS) is 11.1. The second kappa shape index (κ2) is 9.09. The van der Waals surface area contributed by atoms with E-state index in [0.717, 1.165) is 24.3 Å². The maximum absolute atomic E-state index is 13.1. The summed E-state index contributed by atoms with van der Waals surface area (Å²) in [5.74, 6) is -0.601. The summed E-state index contributed by atoms with van der Waals surface area (Å²) in [6, 6.07) is 17.1. The van der Waals surface area contributed by atoms with Gasteiger partial charge in [0, 0.05) is 0 Å². The molecule has 9 nitrogen and oxygen atoms in total. The van der Waals surface area contributed by atoms with Crippen molar-refractivity contribution in [2.45, 2.75) is 4.90 Å². The molecule has 0 aliphatic rings. The quantitative estimate of drug-likeness (QED) is 0.421. The minimum atomic E-state index is -4.06. The van der Waals surface area contributed by atoms with Crippen LogP contribution in [0.4, 0.5) is 16.1 Å². The summed E-state index contributed by atoms with van der Waals surface area (Å²) in [6.07, 6.45) is 0. The predicted octanol–water partition coefficient (Wildman–Crippen LogP) is 3.94. The van der Waals surface area contributed by atoms with E-state index in [1.165, 1.54) is 19.2 Å². The van der Waals surface area contributed by atoms with Crippen LogP contribution in [0.3, 0.4) is 0 Å². The number of sulfonamides is 1. The highest BCUT2D eigenvalue weighted by Gasteiger charge is 2.20. The summed E-state index contributed by atoms with van der Waals surface area (Å²) in [5, 5.41) is 10.2. The van der Waals surface area contributed by atoms with Gasteiger partial charge in [0.1, 0.15) is 11.6 Å². The number of hydrogen-bond donors (Lipinski definition) is 2. The number of rotatable bonds is 7. The molecule has 3 aromatic carbocycles. The maximum Gasteiger partial charge on any atom is 0.322 e. The van der Waals surface area contributed by atoms with Crippen molar-refractivity contribution in [1.29, 1.82) is 0 Å². The largest absolute Gasteiger partial charge is 0.496 e. The number of nitrogens with zero attached hydrogens (tertiary/aromatic N) is 2. The Kier molecular flexibility index (Phi) is 6.05. The molecule has 168 valence electrons. The molecule has 0 saturated carbocycles. The van der Waals surface area contributed by atoms with Gasteiger partial charge in [0.2, 0.25) is 0 Å². The Balaban J connectivity index is 1.56. The Hall–Kier alpha value is -4.25. The Morgan fingerprint density at radius 2 is 1.67 bits per heavy atom. The summed E-state index contributed by atoms with van der Waals surface area (Å²) in [6.45, 7) is 0. The minimum absolute atomic E-state index is 0.0141. The molecule has 1 aromatic heterocycles. The molecule has 4 aromatic rings. The SMILES string of the molecule is COc1ccccc1-c1nnc(NC(=O)c2ccccc2NS(=O)(=O)c2ccc(F)cc2)o1. The lowest BCUT2D eigenvalue weighted by Gasteiger charge is -2.12. The van der Waals surface area contributed by atoms with E-state index < -0.39 is 21.7 Å². The predicted molar refractivity (Wildman–Crippen MR) is 118 cm³/mol. The van der Waals surface area contributed by atoms with E-state index in [-0.39, 0.29) is 28.1 Å². The number of benzene rings is 3. The lowest BCUT2D eigenvalue weighted by Crippen LogP contribution is -2.18. The molecule has 0 spiro atoms. The molecule has 0 atom stereocenters. The first-order valence-electron chi connectivity index (χ1n) is 9.53. The van der Waals surface area contributed by atoms with Gasteiger partial charge in [-0.2, -0.15) is 0 Å². The Morgan fingerprint density at radius 1 is 0.970 bits per heavy atom. The monoisotopic (exact) mass is 468 g/mol. The highest BCUT2D eigenvalue weighted by molar-refractivity contribution is 7.92. The van der Waals surface area contributed by atoms with Crippen molar-refractivity contribution in [2.75, 3.05) is 17.1 Å². The molecule has 1 heterocycles. The van der Waals surface area contributed by atoms with E-state index in [9.17, 15) is 17.6 Å². The molecule has 0 bridgehead atoms. The summed E-state index contributed by atoms with van der Waals surface area (Å²) >= 11 is 0. The molecule has 0 unspecified atom stereocenters. The van der Waals surface area contributed by atoms with E-state index in [4.69, 9.17) is 9.15 Å². The van der Waals surface area contributed by atoms with Gasteiger partial charge in [-0.3, -0.25) is 14.8 Å². The summed E-state index contributed by atoms with van der Waals surface area (Å²) < 4.78 is 51.6. The molecule has 0 radical (unpaired) electrons. The number of ether oxygens (including phenoxy) is 1. The number of hydrogen-bond acceptors (Lipinski definition) is 7. The van der Waals surface area contributed by atoms with Crippen LogP contribution in [0, 0.1) is 5.82 Å². The van der Waals surface area contributed by atoms with Crippen molar-refractivity contribution in [3.8, 4) is 17.2 Å². The Labute approximate surface area is 188 Å². The van der Waals surface area contributed by atoms with Crippen LogP contribution < -0.4 is 14.8 Å². The first kappa shape index (κ1) is 22.0. The van der Waals surface area contributed by atoms with Crippen molar-refractivity contribution < 1.29 is 26.8 Å². The van der Waals surface area contributed by atoms with Crippen LogP contribution >= 0.6 is 0 Å². The van der Waals surface area contributed by atoms with Gasteiger partial charge < -0.3 is 9.15 Å². The molecule has 11 heteroatoms. The van der Waals surface area contributed by atoms with Crippen LogP contribution in [0.25, 0.3) is 11.5 Å². The highest BCUT2D eigenvalue weighted by atomic mass is 32.2. The summed E-state index contributed by atoms with van der Waals surface area (Å²) in [5.41, 5.74) is 0.574. The fraction of sp³-hybridized carbons (Fsp3) is 0.0455. The second-order valence-electron chi connectivity index (χ2n) is 6.67. The molecule has 33 heavy (non-hydrogen) atoms. The Morgan fingerprint density at radius 3 is 2.42 bits per heavy atom. The van der Waals surface area contributed by atoms with E-state index in [1.54, 1.807) is 36.4 Å². The van der Waals surface area contributed by atoms with Gasteiger partial charge in [-0.25, -0.2) is 12.8 Å². The van der Waals surface area contributed by atoms with Crippen LogP contribution in [0.2, 0.25) is 0 Å². The van der Waals surface area contributed by atoms with Crippen LogP contribution in [-0.2, 0) is 10.0 Å². The number of aromatic nitrogens is 2. The molecular weight excluding hydrogens is 451 g/mol. The van der Waals surface area contributed by atoms with E-state index in [1.807, 2.05) is 0 Å². The maximum atomic E-state index is 13.1. The fourth-order valence-electron chi connectivity index (χ4n) is 2.96. The zero-order valence-corrected chi connectivity index (χ0v) is 18.0. The summed E-state index contributed by atoms with van der Waals surface area (Å²) in [4.78, 5) is 12.7. The number of carbonyl (C=O) groups excluding carboxylic acids is 1. The van der Waals surface area contributed by atoms with Gasteiger partial charge in [0.25, 0.3) is 21.8 Å². The zero-order chi connectivity index (χ0) is 23.4. The summed E-state index contributed by atoms with van der Waals surface area (Å²) in [7, 11) is -2.56. The van der Waals surface area contributed by atoms with E-state index in [2.05, 4.69) is 20.2 Å². The molecular formula is C22H17FN4O5S. The molecule has 2 N–H and O–H groups in total. The number of amides is 1. The number of carbonyl (C=O) groups is 1. The molecule has 0 aliphatic heterocycles. The number of para-hydroxylation sites is 2. The molecule has 4 rings (SSSR count).